The lowest BCUT2D eigenvalue weighted by Gasteiger charge is -2.13. The molecule has 1 heterocycles. The average molecular weight is 285 g/mol. The molecule has 6 nitrogen and oxygen atoms in total. The zero-order valence-corrected chi connectivity index (χ0v) is 11.0. The number of carbonyl (C=O) groups excluding carboxylic acids is 2. The summed E-state index contributed by atoms with van der Waals surface area (Å²) in [6.45, 7) is 0.554. The van der Waals surface area contributed by atoms with Gasteiger partial charge in [0.25, 0.3) is 0 Å². The minimum Gasteiger partial charge on any atom is -0.453 e. The Hall–Kier alpha value is -1.95. The number of amides is 2. The number of benzene rings is 1. The number of hydrogen-bond donors (Lipinski definition) is 1. The van der Waals surface area contributed by atoms with Crippen molar-refractivity contribution in [3.05, 3.63) is 29.3 Å². The molecule has 2 amide bonds. The van der Waals surface area contributed by atoms with Gasteiger partial charge >= 0.3 is 12.2 Å². The number of methoxy groups -OCH3 is 1. The van der Waals surface area contributed by atoms with Crippen molar-refractivity contribution in [2.75, 3.05) is 25.1 Å². The number of hydrogen-bond acceptors (Lipinski definition) is 4. The highest BCUT2D eigenvalue weighted by Crippen LogP contribution is 2.24. The van der Waals surface area contributed by atoms with Gasteiger partial charge in [-0.2, -0.15) is 0 Å². The van der Waals surface area contributed by atoms with Crippen LogP contribution in [0.1, 0.15) is 0 Å². The molecule has 1 N–H and O–H groups in total. The van der Waals surface area contributed by atoms with Crippen molar-refractivity contribution in [2.24, 2.45) is 0 Å². The van der Waals surface area contributed by atoms with E-state index >= 15 is 0 Å². The van der Waals surface area contributed by atoms with Crippen LogP contribution < -0.4 is 10.2 Å². The predicted molar refractivity (Wildman–Crippen MR) is 69.5 cm³/mol. The van der Waals surface area contributed by atoms with Crippen LogP contribution in [-0.4, -0.2) is 38.5 Å². The summed E-state index contributed by atoms with van der Waals surface area (Å²) in [7, 11) is 1.27. The first-order valence-electron chi connectivity index (χ1n) is 5.65. The first-order valence-corrected chi connectivity index (χ1v) is 6.03. The number of cyclic esters (lactones) is 1. The quantitative estimate of drug-likeness (QED) is 0.922. The largest absolute Gasteiger partial charge is 0.453 e. The molecule has 19 heavy (non-hydrogen) atoms. The second-order valence-electron chi connectivity index (χ2n) is 3.97. The normalized spacial score (nSPS) is 18.1. The first kappa shape index (κ1) is 13.5. The summed E-state index contributed by atoms with van der Waals surface area (Å²) >= 11 is 5.88. The highest BCUT2D eigenvalue weighted by molar-refractivity contribution is 6.30. The Morgan fingerprint density at radius 3 is 3.11 bits per heavy atom. The second kappa shape index (κ2) is 5.79. The smallest absolute Gasteiger partial charge is 0.414 e. The van der Waals surface area contributed by atoms with E-state index in [0.29, 0.717) is 17.3 Å². The first-order chi connectivity index (χ1) is 9.10. The van der Waals surface area contributed by atoms with Gasteiger partial charge in [0, 0.05) is 10.7 Å². The second-order valence-corrected chi connectivity index (χ2v) is 4.41. The van der Waals surface area contributed by atoms with Gasteiger partial charge in [0.15, 0.2) is 0 Å². The van der Waals surface area contributed by atoms with E-state index in [0.717, 1.165) is 0 Å². The summed E-state index contributed by atoms with van der Waals surface area (Å²) in [6, 6.07) is 6.93. The summed E-state index contributed by atoms with van der Waals surface area (Å²) in [5.74, 6) is 0. The summed E-state index contributed by atoms with van der Waals surface area (Å²) in [5, 5.41) is 3.03. The SMILES string of the molecule is COC(=O)NC[C@H]1CN(c2cccc(Cl)c2)C(=O)O1. The molecular weight excluding hydrogens is 272 g/mol. The van der Waals surface area contributed by atoms with E-state index in [1.54, 1.807) is 24.3 Å². The van der Waals surface area contributed by atoms with Crippen LogP contribution in [0.4, 0.5) is 15.3 Å². The van der Waals surface area contributed by atoms with E-state index in [1.807, 2.05) is 0 Å². The van der Waals surface area contributed by atoms with Crippen LogP contribution in [0.3, 0.4) is 0 Å². The van der Waals surface area contributed by atoms with E-state index in [1.165, 1.54) is 12.0 Å². The number of carbonyl (C=O) groups is 2. The van der Waals surface area contributed by atoms with E-state index in [-0.39, 0.29) is 6.54 Å². The molecule has 0 unspecified atom stereocenters. The molecule has 0 radical (unpaired) electrons. The minimum absolute atomic E-state index is 0.204. The maximum Gasteiger partial charge on any atom is 0.414 e. The lowest BCUT2D eigenvalue weighted by Crippen LogP contribution is -2.34. The standard InChI is InChI=1S/C12H13ClN2O4/c1-18-11(16)14-6-10-7-15(12(17)19-10)9-4-2-3-8(13)5-9/h2-5,10H,6-7H2,1H3,(H,14,16)/t10-/m0/s1. The van der Waals surface area contributed by atoms with Gasteiger partial charge in [0.05, 0.1) is 20.2 Å². The fourth-order valence-corrected chi connectivity index (χ4v) is 1.94. The van der Waals surface area contributed by atoms with Crippen LogP contribution in [-0.2, 0) is 9.47 Å². The van der Waals surface area contributed by atoms with Crippen LogP contribution in [0.5, 0.6) is 0 Å². The van der Waals surface area contributed by atoms with Gasteiger partial charge < -0.3 is 14.8 Å². The Labute approximate surface area is 115 Å². The summed E-state index contributed by atoms with van der Waals surface area (Å²) < 4.78 is 9.58. The van der Waals surface area contributed by atoms with Gasteiger partial charge in [-0.05, 0) is 18.2 Å². The van der Waals surface area contributed by atoms with Crippen molar-refractivity contribution in [3.8, 4) is 0 Å². The highest BCUT2D eigenvalue weighted by atomic mass is 35.5. The molecular formula is C12H13ClN2O4. The van der Waals surface area contributed by atoms with E-state index in [2.05, 4.69) is 10.1 Å². The van der Waals surface area contributed by atoms with Crippen LogP contribution in [0, 0.1) is 0 Å². The van der Waals surface area contributed by atoms with E-state index in [9.17, 15) is 9.59 Å². The lowest BCUT2D eigenvalue weighted by molar-refractivity contribution is 0.132. The molecule has 0 aliphatic carbocycles. The molecule has 1 fully saturated rings. The van der Waals surface area contributed by atoms with Crippen molar-refractivity contribution in [2.45, 2.75) is 6.10 Å². The Balaban J connectivity index is 1.98. The van der Waals surface area contributed by atoms with Crippen molar-refractivity contribution >= 4 is 29.5 Å². The van der Waals surface area contributed by atoms with Crippen molar-refractivity contribution in [3.63, 3.8) is 0 Å². The van der Waals surface area contributed by atoms with Crippen LogP contribution >= 0.6 is 11.6 Å². The lowest BCUT2D eigenvalue weighted by atomic mass is 10.2. The molecule has 1 aliphatic heterocycles. The van der Waals surface area contributed by atoms with Crippen LogP contribution in [0.25, 0.3) is 0 Å². The average Bonchev–Trinajstić information content (AvgIpc) is 2.77. The number of alkyl carbamates (subject to hydrolysis) is 1. The number of anilines is 1. The molecule has 1 aromatic rings. The van der Waals surface area contributed by atoms with Crippen molar-refractivity contribution < 1.29 is 19.1 Å². The third-order valence-corrected chi connectivity index (χ3v) is 2.89. The van der Waals surface area contributed by atoms with Gasteiger partial charge in [-0.25, -0.2) is 9.59 Å². The highest BCUT2D eigenvalue weighted by Gasteiger charge is 2.32. The molecule has 1 saturated heterocycles. The Bertz CT molecular complexity index is 494. The third kappa shape index (κ3) is 3.29. The molecule has 2 rings (SSSR count). The van der Waals surface area contributed by atoms with Crippen molar-refractivity contribution in [1.82, 2.24) is 5.32 Å². The Kier molecular flexibility index (Phi) is 4.11. The molecule has 1 aliphatic rings. The van der Waals surface area contributed by atoms with Gasteiger partial charge in [-0.3, -0.25) is 4.90 Å². The fraction of sp³-hybridized carbons (Fsp3) is 0.333. The zero-order valence-electron chi connectivity index (χ0n) is 10.3. The summed E-state index contributed by atoms with van der Waals surface area (Å²) in [5.41, 5.74) is 0.665. The number of nitrogens with one attached hydrogen (secondary N) is 1. The molecule has 1 atom stereocenters. The minimum atomic E-state index is -0.558. The Morgan fingerprint density at radius 2 is 2.42 bits per heavy atom. The molecule has 0 aromatic heterocycles. The molecule has 7 heteroatoms. The van der Waals surface area contributed by atoms with Crippen LogP contribution in [0.15, 0.2) is 24.3 Å². The predicted octanol–water partition coefficient (Wildman–Crippen LogP) is 2.02. The topological polar surface area (TPSA) is 67.9 Å². The summed E-state index contributed by atoms with van der Waals surface area (Å²) in [6.07, 6.45) is -1.43. The third-order valence-electron chi connectivity index (χ3n) is 2.65. The van der Waals surface area contributed by atoms with Gasteiger partial charge in [0.1, 0.15) is 6.10 Å². The number of halogens is 1. The molecule has 0 saturated carbocycles. The van der Waals surface area contributed by atoms with E-state index in [4.69, 9.17) is 16.3 Å². The van der Waals surface area contributed by atoms with Crippen molar-refractivity contribution in [1.29, 1.82) is 0 Å². The van der Waals surface area contributed by atoms with Gasteiger partial charge in [-0.15, -0.1) is 0 Å². The number of nitrogens with zero attached hydrogens (tertiary/aromatic N) is 1. The molecule has 102 valence electrons. The number of ether oxygens (including phenoxy) is 2. The summed E-state index contributed by atoms with van der Waals surface area (Å²) in [4.78, 5) is 24.1. The van der Waals surface area contributed by atoms with Gasteiger partial charge in [-0.1, -0.05) is 17.7 Å². The maximum absolute atomic E-state index is 11.7. The number of rotatable bonds is 3. The molecule has 1 aromatic carbocycles. The van der Waals surface area contributed by atoms with E-state index < -0.39 is 18.3 Å². The molecule has 0 spiro atoms. The fourth-order valence-electron chi connectivity index (χ4n) is 1.75. The Morgan fingerprint density at radius 1 is 1.63 bits per heavy atom. The van der Waals surface area contributed by atoms with Gasteiger partial charge in [0.2, 0.25) is 0 Å². The van der Waals surface area contributed by atoms with Crippen LogP contribution in [0.2, 0.25) is 5.02 Å². The zero-order chi connectivity index (χ0) is 13.8. The molecule has 0 bridgehead atoms. The maximum atomic E-state index is 11.7. The monoisotopic (exact) mass is 284 g/mol.